The van der Waals surface area contributed by atoms with Crippen LogP contribution in [0.5, 0.6) is 0 Å². The maximum atomic E-state index is 11.4. The van der Waals surface area contributed by atoms with Crippen molar-refractivity contribution < 1.29 is 14.3 Å². The fraction of sp³-hybridized carbons (Fsp3) is 0.385. The molecule has 0 unspecified atom stereocenters. The Morgan fingerprint density at radius 2 is 1.94 bits per heavy atom. The first-order chi connectivity index (χ1) is 8.22. The number of thioether (sulfide) groups is 1. The highest BCUT2D eigenvalue weighted by Crippen LogP contribution is 2.12. The molecule has 1 aromatic carbocycles. The minimum absolute atomic E-state index is 0.0793. The molecule has 0 saturated carbocycles. The topological polar surface area (TPSA) is 43.4 Å². The van der Waals surface area contributed by atoms with Gasteiger partial charge in [-0.25, -0.2) is 0 Å². The lowest BCUT2D eigenvalue weighted by Crippen LogP contribution is -2.12. The Morgan fingerprint density at radius 3 is 2.59 bits per heavy atom. The zero-order chi connectivity index (χ0) is 12.5. The first-order valence-corrected chi connectivity index (χ1v) is 6.67. The van der Waals surface area contributed by atoms with E-state index in [1.54, 1.807) is 6.92 Å². The first kappa shape index (κ1) is 13.8. The fourth-order valence-corrected chi connectivity index (χ4v) is 2.14. The molecule has 4 heteroatoms. The zero-order valence-electron chi connectivity index (χ0n) is 9.85. The molecule has 92 valence electrons. The summed E-state index contributed by atoms with van der Waals surface area (Å²) in [5.74, 6) is 0.630. The van der Waals surface area contributed by atoms with Crippen LogP contribution in [0, 0.1) is 0 Å². The van der Waals surface area contributed by atoms with Crippen molar-refractivity contribution in [3.63, 3.8) is 0 Å². The van der Waals surface area contributed by atoms with Crippen molar-refractivity contribution in [1.29, 1.82) is 0 Å². The molecule has 0 bridgehead atoms. The van der Waals surface area contributed by atoms with Crippen molar-refractivity contribution in [3.05, 3.63) is 35.9 Å². The second kappa shape index (κ2) is 7.90. The van der Waals surface area contributed by atoms with Crippen LogP contribution in [0.4, 0.5) is 0 Å². The molecule has 0 radical (unpaired) electrons. The van der Waals surface area contributed by atoms with Crippen LogP contribution < -0.4 is 0 Å². The highest BCUT2D eigenvalue weighted by Gasteiger charge is 2.09. The van der Waals surface area contributed by atoms with Crippen LogP contribution in [0.25, 0.3) is 0 Å². The number of ketones is 1. The Hall–Kier alpha value is -1.29. The monoisotopic (exact) mass is 252 g/mol. The first-order valence-electron chi connectivity index (χ1n) is 5.51. The van der Waals surface area contributed by atoms with E-state index in [1.807, 2.05) is 30.3 Å². The highest BCUT2D eigenvalue weighted by atomic mass is 32.2. The Labute approximate surface area is 106 Å². The van der Waals surface area contributed by atoms with Gasteiger partial charge < -0.3 is 4.74 Å². The molecule has 1 rings (SSSR count). The van der Waals surface area contributed by atoms with Gasteiger partial charge in [0.25, 0.3) is 0 Å². The Morgan fingerprint density at radius 1 is 1.24 bits per heavy atom. The summed E-state index contributed by atoms with van der Waals surface area (Å²) in [7, 11) is 0. The molecule has 0 amide bonds. The van der Waals surface area contributed by atoms with Crippen LogP contribution in [-0.4, -0.2) is 24.1 Å². The summed E-state index contributed by atoms with van der Waals surface area (Å²) in [6, 6.07) is 9.93. The number of carbonyl (C=O) groups excluding carboxylic acids is 2. The number of Topliss-reactive ketones (excluding diaryl/α,β-unsaturated/α-hetero) is 1. The molecule has 1 aromatic rings. The van der Waals surface area contributed by atoms with Gasteiger partial charge in [0, 0.05) is 5.75 Å². The van der Waals surface area contributed by atoms with Crippen LogP contribution in [0.2, 0.25) is 0 Å². The van der Waals surface area contributed by atoms with Crippen molar-refractivity contribution in [2.45, 2.75) is 19.1 Å². The molecule has 0 heterocycles. The van der Waals surface area contributed by atoms with Crippen molar-refractivity contribution in [1.82, 2.24) is 0 Å². The lowest BCUT2D eigenvalue weighted by molar-refractivity contribution is -0.145. The predicted octanol–water partition coefficient (Wildman–Crippen LogP) is 2.44. The predicted molar refractivity (Wildman–Crippen MR) is 68.9 cm³/mol. The van der Waals surface area contributed by atoms with Gasteiger partial charge in [0.15, 0.2) is 5.78 Å². The molecule has 0 N–H and O–H groups in total. The standard InChI is InChI=1S/C13H16O3S/c1-2-16-13(15)8-12(14)10-17-9-11-6-4-3-5-7-11/h3-7H,2,8-10H2,1H3. The summed E-state index contributed by atoms with van der Waals surface area (Å²) in [4.78, 5) is 22.4. The average Bonchev–Trinajstić information content (AvgIpc) is 2.30. The maximum Gasteiger partial charge on any atom is 0.313 e. The quantitative estimate of drug-likeness (QED) is 0.552. The van der Waals surface area contributed by atoms with Gasteiger partial charge in [0.05, 0.1) is 12.4 Å². The zero-order valence-corrected chi connectivity index (χ0v) is 10.7. The van der Waals surface area contributed by atoms with E-state index in [0.29, 0.717) is 12.4 Å². The molecule has 0 atom stereocenters. The molecule has 0 fully saturated rings. The lowest BCUT2D eigenvalue weighted by atomic mass is 10.2. The lowest BCUT2D eigenvalue weighted by Gasteiger charge is -2.02. The number of esters is 1. The number of benzene rings is 1. The number of hydrogen-bond acceptors (Lipinski definition) is 4. The van der Waals surface area contributed by atoms with E-state index >= 15 is 0 Å². The Balaban J connectivity index is 2.18. The highest BCUT2D eigenvalue weighted by molar-refractivity contribution is 7.99. The molecular weight excluding hydrogens is 236 g/mol. The van der Waals surface area contributed by atoms with Crippen LogP contribution in [0.3, 0.4) is 0 Å². The van der Waals surface area contributed by atoms with Gasteiger partial charge in [-0.2, -0.15) is 0 Å². The normalized spacial score (nSPS) is 9.94. The van der Waals surface area contributed by atoms with Crippen molar-refractivity contribution >= 4 is 23.5 Å². The number of carbonyl (C=O) groups is 2. The van der Waals surface area contributed by atoms with Gasteiger partial charge >= 0.3 is 5.97 Å². The molecule has 0 aliphatic rings. The Kier molecular flexibility index (Phi) is 6.40. The minimum atomic E-state index is -0.433. The molecule has 0 aromatic heterocycles. The van der Waals surface area contributed by atoms with Crippen molar-refractivity contribution in [2.75, 3.05) is 12.4 Å². The van der Waals surface area contributed by atoms with Crippen LogP contribution in [0.15, 0.2) is 30.3 Å². The summed E-state index contributed by atoms with van der Waals surface area (Å²) in [6.45, 7) is 2.05. The average molecular weight is 252 g/mol. The minimum Gasteiger partial charge on any atom is -0.466 e. The van der Waals surface area contributed by atoms with Crippen molar-refractivity contribution in [3.8, 4) is 0 Å². The SMILES string of the molecule is CCOC(=O)CC(=O)CSCc1ccccc1. The third-order valence-electron chi connectivity index (χ3n) is 2.02. The number of hydrogen-bond donors (Lipinski definition) is 0. The summed E-state index contributed by atoms with van der Waals surface area (Å²) >= 11 is 1.52. The maximum absolute atomic E-state index is 11.4. The second-order valence-electron chi connectivity index (χ2n) is 3.50. The van der Waals surface area contributed by atoms with Gasteiger partial charge in [-0.15, -0.1) is 11.8 Å². The fourth-order valence-electron chi connectivity index (χ4n) is 1.28. The van der Waals surface area contributed by atoms with Crippen molar-refractivity contribution in [2.24, 2.45) is 0 Å². The van der Waals surface area contributed by atoms with Gasteiger partial charge in [-0.1, -0.05) is 30.3 Å². The van der Waals surface area contributed by atoms with E-state index in [1.165, 1.54) is 17.3 Å². The summed E-state index contributed by atoms with van der Waals surface area (Å²) in [6.07, 6.45) is -0.115. The van der Waals surface area contributed by atoms with E-state index in [0.717, 1.165) is 5.75 Å². The van der Waals surface area contributed by atoms with E-state index in [9.17, 15) is 9.59 Å². The van der Waals surface area contributed by atoms with E-state index in [2.05, 4.69) is 0 Å². The van der Waals surface area contributed by atoms with Gasteiger partial charge in [0.1, 0.15) is 6.42 Å². The van der Waals surface area contributed by atoms with Crippen LogP contribution in [-0.2, 0) is 20.1 Å². The third-order valence-corrected chi connectivity index (χ3v) is 3.08. The Bertz CT molecular complexity index is 362. The number of ether oxygens (including phenoxy) is 1. The van der Waals surface area contributed by atoms with E-state index in [-0.39, 0.29) is 12.2 Å². The molecule has 3 nitrogen and oxygen atoms in total. The molecule has 0 saturated heterocycles. The molecular formula is C13H16O3S. The third kappa shape index (κ3) is 6.12. The van der Waals surface area contributed by atoms with Gasteiger partial charge in [-0.05, 0) is 12.5 Å². The van der Waals surface area contributed by atoms with E-state index in [4.69, 9.17) is 4.74 Å². The van der Waals surface area contributed by atoms with E-state index < -0.39 is 5.97 Å². The second-order valence-corrected chi connectivity index (χ2v) is 4.48. The van der Waals surface area contributed by atoms with Gasteiger partial charge in [0.2, 0.25) is 0 Å². The summed E-state index contributed by atoms with van der Waals surface area (Å²) in [5, 5.41) is 0. The summed E-state index contributed by atoms with van der Waals surface area (Å²) in [5.41, 5.74) is 1.18. The molecule has 0 aliphatic heterocycles. The van der Waals surface area contributed by atoms with Crippen LogP contribution in [0.1, 0.15) is 18.9 Å². The molecule has 0 spiro atoms. The number of rotatable bonds is 7. The molecule has 0 aliphatic carbocycles. The summed E-state index contributed by atoms with van der Waals surface area (Å²) < 4.78 is 4.71. The van der Waals surface area contributed by atoms with Gasteiger partial charge in [-0.3, -0.25) is 9.59 Å². The van der Waals surface area contributed by atoms with Crippen LogP contribution >= 0.6 is 11.8 Å². The largest absolute Gasteiger partial charge is 0.466 e. The smallest absolute Gasteiger partial charge is 0.313 e. The molecule has 17 heavy (non-hydrogen) atoms.